The summed E-state index contributed by atoms with van der Waals surface area (Å²) in [4.78, 5) is 14.3. The van der Waals surface area contributed by atoms with Gasteiger partial charge >= 0.3 is 0 Å². The van der Waals surface area contributed by atoms with Gasteiger partial charge in [-0.25, -0.2) is 0 Å². The Labute approximate surface area is 117 Å². The van der Waals surface area contributed by atoms with E-state index in [0.29, 0.717) is 11.4 Å². The van der Waals surface area contributed by atoms with Crippen molar-refractivity contribution in [1.82, 2.24) is 15.1 Å². The largest absolute Gasteiger partial charge is 0.395 e. The van der Waals surface area contributed by atoms with Crippen LogP contribution in [0.5, 0.6) is 0 Å². The Morgan fingerprint density at radius 2 is 2.20 bits per heavy atom. The van der Waals surface area contributed by atoms with Gasteiger partial charge in [0, 0.05) is 7.05 Å². The van der Waals surface area contributed by atoms with Gasteiger partial charge in [-0.3, -0.25) is 9.89 Å². The summed E-state index contributed by atoms with van der Waals surface area (Å²) < 4.78 is 0. The fourth-order valence-corrected chi connectivity index (χ4v) is 2.85. The topological polar surface area (TPSA) is 75.0 Å². The lowest BCUT2D eigenvalue weighted by atomic mass is 10.1. The predicted molar refractivity (Wildman–Crippen MR) is 77.3 cm³/mol. The molecule has 5 nitrogen and oxygen atoms in total. The smallest absolute Gasteiger partial charge is 0.276 e. The van der Waals surface area contributed by atoms with Crippen LogP contribution >= 0.6 is 0 Å². The Hall–Kier alpha value is -2.30. The van der Waals surface area contributed by atoms with E-state index in [-0.39, 0.29) is 11.9 Å². The maximum atomic E-state index is 12.5. The summed E-state index contributed by atoms with van der Waals surface area (Å²) in [5.41, 5.74) is 9.93. The average molecular weight is 270 g/mol. The highest BCUT2D eigenvalue weighted by atomic mass is 16.2. The number of aromatic amines is 1. The summed E-state index contributed by atoms with van der Waals surface area (Å²) >= 11 is 0. The summed E-state index contributed by atoms with van der Waals surface area (Å²) in [6, 6.07) is 8.38. The van der Waals surface area contributed by atoms with Gasteiger partial charge in [0.25, 0.3) is 5.91 Å². The number of carbonyl (C=O) groups is 1. The first-order valence-corrected chi connectivity index (χ1v) is 6.75. The predicted octanol–water partition coefficient (Wildman–Crippen LogP) is 2.06. The number of hydrogen-bond donors (Lipinski definition) is 2. The maximum Gasteiger partial charge on any atom is 0.276 e. The van der Waals surface area contributed by atoms with E-state index in [1.807, 2.05) is 26.1 Å². The fraction of sp³-hybridized carbons (Fsp3) is 0.333. The second kappa shape index (κ2) is 4.67. The van der Waals surface area contributed by atoms with Gasteiger partial charge in [0.15, 0.2) is 5.69 Å². The average Bonchev–Trinajstić information content (AvgIpc) is 3.02. The summed E-state index contributed by atoms with van der Waals surface area (Å²) in [6.07, 6.45) is 1.96. The number of carbonyl (C=O) groups excluding carboxylic acids is 1. The van der Waals surface area contributed by atoms with Crippen LogP contribution < -0.4 is 5.73 Å². The number of nitrogen functional groups attached to an aromatic ring is 1. The molecule has 3 rings (SSSR count). The highest BCUT2D eigenvalue weighted by Crippen LogP contribution is 2.35. The minimum Gasteiger partial charge on any atom is -0.395 e. The van der Waals surface area contributed by atoms with Crippen LogP contribution in [0.2, 0.25) is 0 Å². The molecule has 1 unspecified atom stereocenters. The first-order valence-electron chi connectivity index (χ1n) is 6.75. The van der Waals surface area contributed by atoms with Crippen LogP contribution in [-0.2, 0) is 6.42 Å². The minimum atomic E-state index is -0.131. The molecule has 3 N–H and O–H groups in total. The van der Waals surface area contributed by atoms with E-state index in [0.717, 1.165) is 18.5 Å². The lowest BCUT2D eigenvalue weighted by Crippen LogP contribution is -2.31. The molecule has 0 radical (unpaired) electrons. The molecule has 0 bridgehead atoms. The van der Waals surface area contributed by atoms with Crippen molar-refractivity contribution in [2.45, 2.75) is 25.8 Å². The van der Waals surface area contributed by atoms with Crippen molar-refractivity contribution in [3.05, 3.63) is 46.8 Å². The second-order valence-corrected chi connectivity index (χ2v) is 5.28. The lowest BCUT2D eigenvalue weighted by molar-refractivity contribution is 0.0725. The van der Waals surface area contributed by atoms with Crippen LogP contribution in [0.25, 0.3) is 0 Å². The van der Waals surface area contributed by atoms with Gasteiger partial charge in [0.2, 0.25) is 0 Å². The molecule has 104 valence electrons. The number of rotatable bonds is 2. The van der Waals surface area contributed by atoms with Crippen LogP contribution in [0.15, 0.2) is 24.3 Å². The Morgan fingerprint density at radius 1 is 1.45 bits per heavy atom. The van der Waals surface area contributed by atoms with Crippen molar-refractivity contribution in [3.63, 3.8) is 0 Å². The summed E-state index contributed by atoms with van der Waals surface area (Å²) in [5, 5.41) is 6.78. The molecule has 1 aliphatic rings. The number of benzene rings is 1. The van der Waals surface area contributed by atoms with Crippen molar-refractivity contribution in [3.8, 4) is 0 Å². The standard InChI is InChI=1S/C15H18N4O/c1-9-13(16)14(18-17-9)15(20)19(2)12-8-7-10-5-3-4-6-11(10)12/h3-6,12H,7-8,16H2,1-2H3,(H,17,18). The SMILES string of the molecule is Cc1[nH]nc(C(=O)N(C)C2CCc3ccccc32)c1N. The molecule has 1 aliphatic carbocycles. The van der Waals surface area contributed by atoms with Gasteiger partial charge in [-0.15, -0.1) is 0 Å². The van der Waals surface area contributed by atoms with E-state index < -0.39 is 0 Å². The highest BCUT2D eigenvalue weighted by molar-refractivity contribution is 5.97. The maximum absolute atomic E-state index is 12.5. The van der Waals surface area contributed by atoms with Crippen molar-refractivity contribution >= 4 is 11.6 Å². The molecule has 0 fully saturated rings. The molecule has 0 spiro atoms. The van der Waals surface area contributed by atoms with Crippen molar-refractivity contribution in [2.24, 2.45) is 0 Å². The molecule has 0 saturated heterocycles. The summed E-state index contributed by atoms with van der Waals surface area (Å²) in [7, 11) is 1.82. The Balaban J connectivity index is 1.89. The second-order valence-electron chi connectivity index (χ2n) is 5.28. The first-order chi connectivity index (χ1) is 9.59. The Bertz CT molecular complexity index is 662. The van der Waals surface area contributed by atoms with Gasteiger partial charge < -0.3 is 10.6 Å². The zero-order chi connectivity index (χ0) is 14.3. The molecule has 1 aromatic heterocycles. The van der Waals surface area contributed by atoms with E-state index in [9.17, 15) is 4.79 Å². The molecule has 0 saturated carbocycles. The molecule has 1 atom stereocenters. The number of nitrogens with zero attached hydrogens (tertiary/aromatic N) is 2. The summed E-state index contributed by atoms with van der Waals surface area (Å²) in [5.74, 6) is -0.131. The quantitative estimate of drug-likeness (QED) is 0.877. The summed E-state index contributed by atoms with van der Waals surface area (Å²) in [6.45, 7) is 1.81. The Kier molecular flexibility index (Phi) is 2.97. The monoisotopic (exact) mass is 270 g/mol. The number of hydrogen-bond acceptors (Lipinski definition) is 3. The van der Waals surface area contributed by atoms with Crippen molar-refractivity contribution in [1.29, 1.82) is 0 Å². The van der Waals surface area contributed by atoms with E-state index in [1.165, 1.54) is 11.1 Å². The lowest BCUT2D eigenvalue weighted by Gasteiger charge is -2.24. The molecule has 1 aromatic carbocycles. The molecule has 2 aromatic rings. The molecule has 1 heterocycles. The fourth-order valence-electron chi connectivity index (χ4n) is 2.85. The van der Waals surface area contributed by atoms with Crippen LogP contribution in [0.1, 0.15) is 39.8 Å². The van der Waals surface area contributed by atoms with E-state index in [1.54, 1.807) is 4.90 Å². The number of aromatic nitrogens is 2. The molecule has 1 amide bonds. The first kappa shape index (κ1) is 12.7. The molecular formula is C15H18N4O. The van der Waals surface area contributed by atoms with E-state index in [4.69, 9.17) is 5.73 Å². The van der Waals surface area contributed by atoms with E-state index in [2.05, 4.69) is 22.3 Å². The van der Waals surface area contributed by atoms with Crippen LogP contribution in [0.4, 0.5) is 5.69 Å². The number of nitrogens with one attached hydrogen (secondary N) is 1. The van der Waals surface area contributed by atoms with Gasteiger partial charge in [-0.05, 0) is 30.9 Å². The Morgan fingerprint density at radius 3 is 2.90 bits per heavy atom. The molecule has 20 heavy (non-hydrogen) atoms. The van der Waals surface area contributed by atoms with Gasteiger partial charge in [0.05, 0.1) is 17.4 Å². The number of aryl methyl sites for hydroxylation is 2. The highest BCUT2D eigenvalue weighted by Gasteiger charge is 2.30. The third kappa shape index (κ3) is 1.86. The van der Waals surface area contributed by atoms with Crippen LogP contribution in [0, 0.1) is 6.92 Å². The zero-order valence-corrected chi connectivity index (χ0v) is 11.7. The third-order valence-electron chi connectivity index (χ3n) is 4.09. The minimum absolute atomic E-state index is 0.107. The zero-order valence-electron chi connectivity index (χ0n) is 11.7. The number of amides is 1. The van der Waals surface area contributed by atoms with E-state index >= 15 is 0 Å². The van der Waals surface area contributed by atoms with Gasteiger partial charge in [-0.1, -0.05) is 24.3 Å². The van der Waals surface area contributed by atoms with Crippen LogP contribution in [0.3, 0.4) is 0 Å². The molecular weight excluding hydrogens is 252 g/mol. The number of fused-ring (bicyclic) bond motifs is 1. The van der Waals surface area contributed by atoms with Crippen LogP contribution in [-0.4, -0.2) is 28.1 Å². The molecule has 5 heteroatoms. The van der Waals surface area contributed by atoms with Gasteiger partial charge in [-0.2, -0.15) is 5.10 Å². The van der Waals surface area contributed by atoms with Gasteiger partial charge in [0.1, 0.15) is 0 Å². The third-order valence-corrected chi connectivity index (χ3v) is 4.09. The number of H-pyrrole nitrogens is 1. The van der Waals surface area contributed by atoms with Crippen molar-refractivity contribution in [2.75, 3.05) is 12.8 Å². The van der Waals surface area contributed by atoms with Crippen molar-refractivity contribution < 1.29 is 4.79 Å². The normalized spacial score (nSPS) is 17.0. The molecule has 0 aliphatic heterocycles. The number of anilines is 1. The number of nitrogens with two attached hydrogens (primary N) is 1.